The van der Waals surface area contributed by atoms with Crippen molar-refractivity contribution in [2.24, 2.45) is 0 Å². The van der Waals surface area contributed by atoms with Gasteiger partial charge in [-0.25, -0.2) is 4.79 Å². The number of carbonyl (C=O) groups excluding carboxylic acids is 3. The third-order valence-electron chi connectivity index (χ3n) is 4.99. The molecular weight excluding hydrogens is 396 g/mol. The molecule has 31 heavy (non-hydrogen) atoms. The van der Waals surface area contributed by atoms with Crippen molar-refractivity contribution in [3.8, 4) is 5.75 Å². The number of amides is 2. The van der Waals surface area contributed by atoms with Crippen molar-refractivity contribution in [1.82, 2.24) is 0 Å². The van der Waals surface area contributed by atoms with Gasteiger partial charge in [-0.3, -0.25) is 14.5 Å². The number of nitrogens with one attached hydrogen (secondary N) is 1. The van der Waals surface area contributed by atoms with E-state index < -0.39 is 23.5 Å². The van der Waals surface area contributed by atoms with Crippen LogP contribution in [0.25, 0.3) is 6.08 Å². The van der Waals surface area contributed by atoms with Crippen molar-refractivity contribution in [3.63, 3.8) is 0 Å². The first-order valence-corrected chi connectivity index (χ1v) is 10.1. The summed E-state index contributed by atoms with van der Waals surface area (Å²) in [5.74, 6) is -0.815. The molecule has 0 saturated heterocycles. The number of esters is 1. The van der Waals surface area contributed by atoms with Gasteiger partial charge in [-0.15, -0.1) is 0 Å². The molecule has 2 amide bonds. The Hall–Kier alpha value is -3.61. The number of rotatable bonds is 6. The number of benzene rings is 2. The SMILES string of the molecule is CCOc1ccccc1/C=C/C(=O)O[C@@H](C)C(=O)N1c2ccccc2NC(=O)C1(C)C. The molecule has 0 bridgehead atoms. The number of hydrogen-bond acceptors (Lipinski definition) is 5. The normalized spacial score (nSPS) is 15.7. The highest BCUT2D eigenvalue weighted by Crippen LogP contribution is 2.37. The van der Waals surface area contributed by atoms with E-state index in [0.717, 1.165) is 5.56 Å². The van der Waals surface area contributed by atoms with Crippen LogP contribution in [-0.4, -0.2) is 36.0 Å². The van der Waals surface area contributed by atoms with E-state index in [0.29, 0.717) is 23.7 Å². The Bertz CT molecular complexity index is 1030. The summed E-state index contributed by atoms with van der Waals surface area (Å²) in [4.78, 5) is 39.5. The molecule has 0 aromatic heterocycles. The fourth-order valence-corrected chi connectivity index (χ4v) is 3.36. The van der Waals surface area contributed by atoms with E-state index in [1.165, 1.54) is 17.9 Å². The number of ether oxygens (including phenoxy) is 2. The predicted octanol–water partition coefficient (Wildman–Crippen LogP) is 3.79. The summed E-state index contributed by atoms with van der Waals surface area (Å²) in [5, 5.41) is 2.81. The Morgan fingerprint density at radius 3 is 2.55 bits per heavy atom. The Morgan fingerprint density at radius 1 is 1.13 bits per heavy atom. The molecule has 1 heterocycles. The highest BCUT2D eigenvalue weighted by Gasteiger charge is 2.45. The van der Waals surface area contributed by atoms with Gasteiger partial charge in [0.1, 0.15) is 11.3 Å². The molecule has 0 spiro atoms. The molecule has 1 atom stereocenters. The van der Waals surface area contributed by atoms with Crippen LogP contribution in [0.3, 0.4) is 0 Å². The van der Waals surface area contributed by atoms with Crippen LogP contribution in [0, 0.1) is 0 Å². The molecule has 0 fully saturated rings. The minimum Gasteiger partial charge on any atom is -0.493 e. The van der Waals surface area contributed by atoms with Gasteiger partial charge < -0.3 is 14.8 Å². The Kier molecular flexibility index (Phi) is 6.44. The predicted molar refractivity (Wildman–Crippen MR) is 119 cm³/mol. The second-order valence-electron chi connectivity index (χ2n) is 7.59. The Morgan fingerprint density at radius 2 is 1.81 bits per heavy atom. The third-order valence-corrected chi connectivity index (χ3v) is 4.99. The highest BCUT2D eigenvalue weighted by molar-refractivity contribution is 6.15. The Balaban J connectivity index is 1.76. The number of nitrogens with zero attached hydrogens (tertiary/aromatic N) is 1. The van der Waals surface area contributed by atoms with Gasteiger partial charge in [0.25, 0.3) is 5.91 Å². The molecule has 1 aliphatic heterocycles. The lowest BCUT2D eigenvalue weighted by molar-refractivity contribution is -0.149. The van der Waals surface area contributed by atoms with Crippen molar-refractivity contribution < 1.29 is 23.9 Å². The van der Waals surface area contributed by atoms with Crippen LogP contribution < -0.4 is 15.0 Å². The summed E-state index contributed by atoms with van der Waals surface area (Å²) in [6.45, 7) is 7.17. The van der Waals surface area contributed by atoms with Crippen LogP contribution in [0.2, 0.25) is 0 Å². The van der Waals surface area contributed by atoms with Crippen LogP contribution in [0.5, 0.6) is 5.75 Å². The molecule has 3 rings (SSSR count). The number of hydrogen-bond donors (Lipinski definition) is 1. The summed E-state index contributed by atoms with van der Waals surface area (Å²) < 4.78 is 10.9. The van der Waals surface area contributed by atoms with Gasteiger partial charge in [0.15, 0.2) is 6.10 Å². The maximum Gasteiger partial charge on any atom is 0.331 e. The number of anilines is 2. The van der Waals surface area contributed by atoms with Gasteiger partial charge in [-0.2, -0.15) is 0 Å². The molecule has 162 valence electrons. The summed E-state index contributed by atoms with van der Waals surface area (Å²) in [5.41, 5.74) is 0.675. The van der Waals surface area contributed by atoms with Gasteiger partial charge in [0.05, 0.1) is 18.0 Å². The fraction of sp³-hybridized carbons (Fsp3) is 0.292. The molecule has 7 nitrogen and oxygen atoms in total. The summed E-state index contributed by atoms with van der Waals surface area (Å²) in [7, 11) is 0. The van der Waals surface area contributed by atoms with Gasteiger partial charge in [-0.05, 0) is 52.0 Å². The van der Waals surface area contributed by atoms with Crippen LogP contribution >= 0.6 is 0 Å². The molecule has 1 aliphatic rings. The first kappa shape index (κ1) is 22.1. The van der Waals surface area contributed by atoms with Gasteiger partial charge >= 0.3 is 5.97 Å². The topological polar surface area (TPSA) is 84.9 Å². The average molecular weight is 422 g/mol. The van der Waals surface area contributed by atoms with Crippen LogP contribution in [0.4, 0.5) is 11.4 Å². The minimum atomic E-state index is -1.14. The molecule has 7 heteroatoms. The lowest BCUT2D eigenvalue weighted by Crippen LogP contribution is -2.60. The molecule has 2 aromatic rings. The van der Waals surface area contributed by atoms with E-state index in [1.807, 2.05) is 31.2 Å². The van der Waals surface area contributed by atoms with Crippen molar-refractivity contribution in [2.45, 2.75) is 39.3 Å². The zero-order chi connectivity index (χ0) is 22.6. The Labute approximate surface area is 181 Å². The zero-order valence-electron chi connectivity index (χ0n) is 18.0. The van der Waals surface area contributed by atoms with Crippen molar-refractivity contribution >= 4 is 35.2 Å². The summed E-state index contributed by atoms with van der Waals surface area (Å²) in [6, 6.07) is 14.3. The van der Waals surface area contributed by atoms with Crippen LogP contribution in [-0.2, 0) is 19.1 Å². The second kappa shape index (κ2) is 9.04. The molecular formula is C24H26N2O5. The van der Waals surface area contributed by atoms with Gasteiger partial charge in [0, 0.05) is 11.6 Å². The lowest BCUT2D eigenvalue weighted by Gasteiger charge is -2.42. The first-order chi connectivity index (χ1) is 14.8. The van der Waals surface area contributed by atoms with Crippen molar-refractivity contribution in [1.29, 1.82) is 0 Å². The molecule has 2 aromatic carbocycles. The van der Waals surface area contributed by atoms with E-state index >= 15 is 0 Å². The maximum absolute atomic E-state index is 13.2. The highest BCUT2D eigenvalue weighted by atomic mass is 16.5. The van der Waals surface area contributed by atoms with Gasteiger partial charge in [0.2, 0.25) is 5.91 Å². The smallest absolute Gasteiger partial charge is 0.331 e. The molecule has 0 unspecified atom stereocenters. The fourth-order valence-electron chi connectivity index (χ4n) is 3.36. The first-order valence-electron chi connectivity index (χ1n) is 10.1. The molecule has 1 N–H and O–H groups in total. The van der Waals surface area contributed by atoms with Crippen molar-refractivity contribution in [3.05, 3.63) is 60.2 Å². The minimum absolute atomic E-state index is 0.314. The van der Waals surface area contributed by atoms with Crippen LogP contribution in [0.1, 0.15) is 33.3 Å². The van der Waals surface area contributed by atoms with E-state index in [-0.39, 0.29) is 5.91 Å². The number of carbonyl (C=O) groups is 3. The average Bonchev–Trinajstić information content (AvgIpc) is 2.73. The monoisotopic (exact) mass is 422 g/mol. The maximum atomic E-state index is 13.2. The van der Waals surface area contributed by atoms with Crippen LogP contribution in [0.15, 0.2) is 54.6 Å². The molecule has 0 saturated carbocycles. The standard InChI is InChI=1S/C24H26N2O5/c1-5-30-20-13-9-6-10-17(20)14-15-21(27)31-16(2)22(28)26-19-12-8-7-11-18(19)25-23(29)24(26,3)4/h6-16H,5H2,1-4H3,(H,25,29)/b15-14+/t16-/m0/s1. The number of para-hydroxylation sites is 3. The number of fused-ring (bicyclic) bond motifs is 1. The van der Waals surface area contributed by atoms with E-state index in [9.17, 15) is 14.4 Å². The van der Waals surface area contributed by atoms with E-state index in [1.54, 1.807) is 44.2 Å². The lowest BCUT2D eigenvalue weighted by atomic mass is 9.95. The molecule has 0 aliphatic carbocycles. The third kappa shape index (κ3) is 4.60. The summed E-state index contributed by atoms with van der Waals surface area (Å²) in [6.07, 6.45) is 1.75. The summed E-state index contributed by atoms with van der Waals surface area (Å²) >= 11 is 0. The van der Waals surface area contributed by atoms with E-state index in [2.05, 4.69) is 5.32 Å². The second-order valence-corrected chi connectivity index (χ2v) is 7.59. The molecule has 0 radical (unpaired) electrons. The quantitative estimate of drug-likeness (QED) is 0.565. The van der Waals surface area contributed by atoms with Crippen molar-refractivity contribution in [2.75, 3.05) is 16.8 Å². The van der Waals surface area contributed by atoms with E-state index in [4.69, 9.17) is 9.47 Å². The van der Waals surface area contributed by atoms with Gasteiger partial charge in [-0.1, -0.05) is 30.3 Å². The zero-order valence-corrected chi connectivity index (χ0v) is 18.0. The largest absolute Gasteiger partial charge is 0.493 e.